The van der Waals surface area contributed by atoms with Crippen LogP contribution in [0.5, 0.6) is 0 Å². The van der Waals surface area contributed by atoms with Crippen molar-refractivity contribution in [3.8, 4) is 0 Å². The van der Waals surface area contributed by atoms with Crippen LogP contribution >= 0.6 is 37.2 Å². The van der Waals surface area contributed by atoms with Crippen molar-refractivity contribution in [3.05, 3.63) is 54.1 Å². The molecule has 1 heterocycles. The summed E-state index contributed by atoms with van der Waals surface area (Å²) in [5, 5.41) is 2.89. The number of imidazole rings is 1. The summed E-state index contributed by atoms with van der Waals surface area (Å²) in [6.07, 6.45) is 4.17. The monoisotopic (exact) mass is 451 g/mol. The third-order valence-corrected chi connectivity index (χ3v) is 4.31. The van der Waals surface area contributed by atoms with E-state index in [4.69, 9.17) is 5.73 Å². The van der Waals surface area contributed by atoms with Crippen molar-refractivity contribution in [2.45, 2.75) is 38.9 Å². The molecule has 0 spiro atoms. The van der Waals surface area contributed by atoms with Gasteiger partial charge in [0.15, 0.2) is 0 Å². The van der Waals surface area contributed by atoms with Crippen molar-refractivity contribution >= 4 is 43.1 Å². The third kappa shape index (κ3) is 9.75. The van der Waals surface area contributed by atoms with Crippen molar-refractivity contribution in [2.24, 2.45) is 5.73 Å². The fraction of sp³-hybridized carbons (Fsp3) is 0.474. The van der Waals surface area contributed by atoms with Crippen molar-refractivity contribution in [1.82, 2.24) is 19.8 Å². The standard InChI is InChI=1S/C19H29N5O.3ClH/c1-15(2)23(3)10-9-21-19(25)18(20)11-17-13-24(14-22-17)12-16-7-5-4-6-8-16;;;/h4-8,13-15,18H,9-12,20H2,1-3H3,(H,21,25);3*1H/t18-;;;/m0.../s1. The van der Waals surface area contributed by atoms with Gasteiger partial charge in [0.25, 0.3) is 0 Å². The molecule has 0 aliphatic carbocycles. The lowest BCUT2D eigenvalue weighted by Crippen LogP contribution is -2.45. The van der Waals surface area contributed by atoms with Crippen LogP contribution in [-0.4, -0.2) is 52.6 Å². The molecule has 2 aromatic rings. The molecule has 0 bridgehead atoms. The van der Waals surface area contributed by atoms with Crippen molar-refractivity contribution in [3.63, 3.8) is 0 Å². The summed E-state index contributed by atoms with van der Waals surface area (Å²) in [5.74, 6) is -0.130. The molecule has 0 fully saturated rings. The molecule has 0 saturated carbocycles. The van der Waals surface area contributed by atoms with Crippen molar-refractivity contribution < 1.29 is 4.79 Å². The maximum absolute atomic E-state index is 12.1. The van der Waals surface area contributed by atoms with Crippen LogP contribution in [0.4, 0.5) is 0 Å². The molecule has 0 aliphatic heterocycles. The highest BCUT2D eigenvalue weighted by molar-refractivity contribution is 5.86. The van der Waals surface area contributed by atoms with Crippen molar-refractivity contribution in [1.29, 1.82) is 0 Å². The summed E-state index contributed by atoms with van der Waals surface area (Å²) in [6.45, 7) is 6.42. The van der Waals surface area contributed by atoms with E-state index in [1.807, 2.05) is 36.0 Å². The Morgan fingerprint density at radius 3 is 2.46 bits per heavy atom. The number of carbonyl (C=O) groups is 1. The summed E-state index contributed by atoms with van der Waals surface area (Å²) in [6, 6.07) is 10.1. The van der Waals surface area contributed by atoms with Crippen LogP contribution in [0.25, 0.3) is 0 Å². The first-order valence-electron chi connectivity index (χ1n) is 8.74. The van der Waals surface area contributed by atoms with Gasteiger partial charge in [-0.05, 0) is 26.5 Å². The number of aromatic nitrogens is 2. The van der Waals surface area contributed by atoms with Gasteiger partial charge in [-0.25, -0.2) is 4.98 Å². The first-order chi connectivity index (χ1) is 12.0. The minimum absolute atomic E-state index is 0. The van der Waals surface area contributed by atoms with E-state index in [1.165, 1.54) is 5.56 Å². The highest BCUT2D eigenvalue weighted by Gasteiger charge is 2.15. The van der Waals surface area contributed by atoms with Gasteiger partial charge in [-0.2, -0.15) is 0 Å². The van der Waals surface area contributed by atoms with Gasteiger partial charge in [0, 0.05) is 38.3 Å². The zero-order valence-electron chi connectivity index (χ0n) is 16.6. The highest BCUT2D eigenvalue weighted by Crippen LogP contribution is 2.05. The van der Waals surface area contributed by atoms with E-state index in [0.717, 1.165) is 18.8 Å². The Morgan fingerprint density at radius 2 is 1.86 bits per heavy atom. The molecule has 0 radical (unpaired) electrons. The Kier molecular flexibility index (Phi) is 15.1. The topological polar surface area (TPSA) is 76.2 Å². The lowest BCUT2D eigenvalue weighted by Gasteiger charge is -2.21. The second kappa shape index (κ2) is 14.7. The molecule has 0 aliphatic rings. The van der Waals surface area contributed by atoms with Crippen LogP contribution in [-0.2, 0) is 17.8 Å². The molecule has 1 atom stereocenters. The van der Waals surface area contributed by atoms with Crippen LogP contribution in [0.1, 0.15) is 25.1 Å². The highest BCUT2D eigenvalue weighted by atomic mass is 35.5. The van der Waals surface area contributed by atoms with E-state index in [-0.39, 0.29) is 43.1 Å². The summed E-state index contributed by atoms with van der Waals surface area (Å²) in [7, 11) is 2.04. The van der Waals surface area contributed by atoms with Crippen LogP contribution in [0.15, 0.2) is 42.9 Å². The Bertz CT molecular complexity index is 667. The van der Waals surface area contributed by atoms with Gasteiger partial charge in [-0.15, -0.1) is 37.2 Å². The fourth-order valence-electron chi connectivity index (χ4n) is 2.46. The Hall–Kier alpha value is -1.31. The molecule has 0 saturated heterocycles. The number of nitrogens with zero attached hydrogens (tertiary/aromatic N) is 3. The van der Waals surface area contributed by atoms with E-state index in [0.29, 0.717) is 19.0 Å². The van der Waals surface area contributed by atoms with Crippen LogP contribution in [0, 0.1) is 0 Å². The first-order valence-corrected chi connectivity index (χ1v) is 8.74. The quantitative estimate of drug-likeness (QED) is 0.613. The number of nitrogens with two attached hydrogens (primary N) is 1. The largest absolute Gasteiger partial charge is 0.353 e. The van der Waals surface area contributed by atoms with Gasteiger partial charge in [-0.1, -0.05) is 30.3 Å². The number of rotatable bonds is 9. The SMILES string of the molecule is CC(C)N(C)CCNC(=O)[C@@H](N)Cc1cn(Cc2ccccc2)cn1.Cl.Cl.Cl. The maximum atomic E-state index is 12.1. The van der Waals surface area contributed by atoms with Crippen LogP contribution in [0.2, 0.25) is 0 Å². The molecule has 9 heteroatoms. The number of amides is 1. The number of carbonyl (C=O) groups excluding carboxylic acids is 1. The van der Waals surface area contributed by atoms with E-state index >= 15 is 0 Å². The lowest BCUT2D eigenvalue weighted by atomic mass is 10.1. The van der Waals surface area contributed by atoms with Crippen LogP contribution < -0.4 is 11.1 Å². The predicted molar refractivity (Wildman–Crippen MR) is 122 cm³/mol. The Balaban J connectivity index is 0. The van der Waals surface area contributed by atoms with E-state index in [9.17, 15) is 4.79 Å². The molecule has 1 aromatic carbocycles. The summed E-state index contributed by atoms with van der Waals surface area (Å²) in [5.41, 5.74) is 8.06. The number of hydrogen-bond donors (Lipinski definition) is 2. The minimum atomic E-state index is -0.579. The normalized spacial score (nSPS) is 11.2. The third-order valence-electron chi connectivity index (χ3n) is 4.31. The molecule has 1 amide bonds. The lowest BCUT2D eigenvalue weighted by molar-refractivity contribution is -0.122. The summed E-state index contributed by atoms with van der Waals surface area (Å²) >= 11 is 0. The number of nitrogens with one attached hydrogen (secondary N) is 1. The minimum Gasteiger partial charge on any atom is -0.353 e. The zero-order chi connectivity index (χ0) is 18.2. The fourth-order valence-corrected chi connectivity index (χ4v) is 2.46. The number of likely N-dealkylation sites (N-methyl/N-ethyl adjacent to an activating group) is 1. The van der Waals surface area contributed by atoms with E-state index in [1.54, 1.807) is 6.33 Å². The molecular weight excluding hydrogens is 421 g/mol. The van der Waals surface area contributed by atoms with Gasteiger partial charge in [0.2, 0.25) is 5.91 Å². The average molecular weight is 453 g/mol. The Labute approximate surface area is 186 Å². The summed E-state index contributed by atoms with van der Waals surface area (Å²) < 4.78 is 2.01. The summed E-state index contributed by atoms with van der Waals surface area (Å²) in [4.78, 5) is 18.6. The van der Waals surface area contributed by atoms with E-state index < -0.39 is 6.04 Å². The number of hydrogen-bond acceptors (Lipinski definition) is 4. The Morgan fingerprint density at radius 1 is 1.21 bits per heavy atom. The van der Waals surface area contributed by atoms with E-state index in [2.05, 4.69) is 41.2 Å². The first kappa shape index (κ1) is 28.9. The molecule has 6 nitrogen and oxygen atoms in total. The van der Waals surface area contributed by atoms with Gasteiger partial charge >= 0.3 is 0 Å². The maximum Gasteiger partial charge on any atom is 0.237 e. The van der Waals surface area contributed by atoms with Gasteiger partial charge < -0.3 is 20.5 Å². The van der Waals surface area contributed by atoms with Gasteiger partial charge in [0.1, 0.15) is 0 Å². The average Bonchev–Trinajstić information content (AvgIpc) is 3.02. The molecule has 1 aromatic heterocycles. The second-order valence-corrected chi connectivity index (χ2v) is 6.70. The molecular formula is C19H32Cl3N5O. The molecule has 3 N–H and O–H groups in total. The second-order valence-electron chi connectivity index (χ2n) is 6.70. The van der Waals surface area contributed by atoms with Crippen LogP contribution in [0.3, 0.4) is 0 Å². The predicted octanol–water partition coefficient (Wildman–Crippen LogP) is 2.52. The molecule has 160 valence electrons. The van der Waals surface area contributed by atoms with Gasteiger partial charge in [-0.3, -0.25) is 4.79 Å². The molecule has 28 heavy (non-hydrogen) atoms. The smallest absolute Gasteiger partial charge is 0.237 e. The molecule has 0 unspecified atom stereocenters. The van der Waals surface area contributed by atoms with Crippen molar-refractivity contribution in [2.75, 3.05) is 20.1 Å². The molecule has 2 rings (SSSR count). The van der Waals surface area contributed by atoms with Gasteiger partial charge in [0.05, 0.1) is 18.1 Å². The number of halogens is 3. The zero-order valence-corrected chi connectivity index (χ0v) is 19.0. The number of benzene rings is 1.